The quantitative estimate of drug-likeness (QED) is 0.685. The average molecular weight is 352 g/mol. The molecule has 0 bridgehead atoms. The number of anilines is 1. The molecule has 25 heavy (non-hydrogen) atoms. The van der Waals surface area contributed by atoms with E-state index in [1.54, 1.807) is 17.1 Å². The van der Waals surface area contributed by atoms with Crippen molar-refractivity contribution in [2.24, 2.45) is 0 Å². The molecule has 1 aromatic heterocycles. The second-order valence-corrected chi connectivity index (χ2v) is 6.73. The maximum atomic E-state index is 13.1. The highest BCUT2D eigenvalue weighted by molar-refractivity contribution is 6.30. The molecule has 0 spiro atoms. The minimum absolute atomic E-state index is 0.0106. The number of nitrogens with zero attached hydrogens (tertiary/aromatic N) is 3. The average Bonchev–Trinajstić information content (AvgIpc) is 3.11. The van der Waals surface area contributed by atoms with Crippen LogP contribution >= 0.6 is 11.6 Å². The van der Waals surface area contributed by atoms with Gasteiger partial charge in [0.25, 0.3) is 5.91 Å². The fourth-order valence-corrected chi connectivity index (χ4v) is 3.58. The molecular weight excluding hydrogens is 334 g/mol. The van der Waals surface area contributed by atoms with E-state index in [1.807, 2.05) is 29.2 Å². The zero-order valence-electron chi connectivity index (χ0n) is 13.9. The van der Waals surface area contributed by atoms with Gasteiger partial charge in [-0.3, -0.25) is 4.79 Å². The van der Waals surface area contributed by atoms with Gasteiger partial charge >= 0.3 is 0 Å². The first-order valence-electron chi connectivity index (χ1n) is 8.34. The molecule has 0 saturated carbocycles. The summed E-state index contributed by atoms with van der Waals surface area (Å²) in [6.07, 6.45) is 5.38. The van der Waals surface area contributed by atoms with Gasteiger partial charge in [-0.25, -0.2) is 4.68 Å². The normalized spacial score (nSPS) is 13.6. The molecule has 0 N–H and O–H groups in total. The van der Waals surface area contributed by atoms with E-state index in [2.05, 4.69) is 30.2 Å². The van der Waals surface area contributed by atoms with Crippen LogP contribution in [0.5, 0.6) is 0 Å². The van der Waals surface area contributed by atoms with E-state index < -0.39 is 0 Å². The standard InChI is InChI=1S/C20H18ClN3O/c1-14-5-2-6-15-7-4-10-23(19(14)15)20(25)16-12-22-24(13-16)18-9-3-8-17(21)11-18/h2-3,5-6,8-9,11-13H,4,7,10H2,1H3. The lowest BCUT2D eigenvalue weighted by Crippen LogP contribution is -2.35. The van der Waals surface area contributed by atoms with Crippen molar-refractivity contribution in [1.82, 2.24) is 9.78 Å². The number of aryl methyl sites for hydroxylation is 2. The highest BCUT2D eigenvalue weighted by Crippen LogP contribution is 2.31. The minimum Gasteiger partial charge on any atom is -0.308 e. The van der Waals surface area contributed by atoms with Crippen LogP contribution in [-0.4, -0.2) is 22.2 Å². The number of carbonyl (C=O) groups is 1. The molecule has 1 amide bonds. The number of hydrogen-bond donors (Lipinski definition) is 0. The van der Waals surface area contributed by atoms with Crippen molar-refractivity contribution in [2.75, 3.05) is 11.4 Å². The Balaban J connectivity index is 1.68. The van der Waals surface area contributed by atoms with Crippen LogP contribution < -0.4 is 4.90 Å². The molecule has 1 aliphatic heterocycles. The second kappa shape index (κ2) is 6.37. The molecule has 0 aliphatic carbocycles. The van der Waals surface area contributed by atoms with Crippen LogP contribution in [0.15, 0.2) is 54.9 Å². The Morgan fingerprint density at radius 1 is 1.20 bits per heavy atom. The van der Waals surface area contributed by atoms with Crippen molar-refractivity contribution in [3.63, 3.8) is 0 Å². The van der Waals surface area contributed by atoms with E-state index in [1.165, 1.54) is 5.56 Å². The number of rotatable bonds is 2. The van der Waals surface area contributed by atoms with Gasteiger partial charge in [-0.15, -0.1) is 0 Å². The number of amides is 1. The van der Waals surface area contributed by atoms with Gasteiger partial charge in [0.1, 0.15) is 0 Å². The number of hydrogen-bond acceptors (Lipinski definition) is 2. The summed E-state index contributed by atoms with van der Waals surface area (Å²) in [5.74, 6) is -0.0106. The van der Waals surface area contributed by atoms with Crippen molar-refractivity contribution in [2.45, 2.75) is 19.8 Å². The molecule has 0 saturated heterocycles. The van der Waals surface area contributed by atoms with E-state index in [0.29, 0.717) is 10.6 Å². The fourth-order valence-electron chi connectivity index (χ4n) is 3.40. The monoisotopic (exact) mass is 351 g/mol. The summed E-state index contributed by atoms with van der Waals surface area (Å²) in [4.78, 5) is 15.0. The van der Waals surface area contributed by atoms with Gasteiger partial charge in [-0.2, -0.15) is 5.10 Å². The van der Waals surface area contributed by atoms with Gasteiger partial charge in [0, 0.05) is 17.8 Å². The molecule has 126 valence electrons. The molecule has 1 aliphatic rings. The van der Waals surface area contributed by atoms with Crippen molar-refractivity contribution in [3.05, 3.63) is 76.6 Å². The summed E-state index contributed by atoms with van der Waals surface area (Å²) < 4.78 is 1.68. The lowest BCUT2D eigenvalue weighted by atomic mass is 9.98. The number of para-hydroxylation sites is 1. The molecule has 2 aromatic carbocycles. The highest BCUT2D eigenvalue weighted by Gasteiger charge is 2.25. The van der Waals surface area contributed by atoms with Gasteiger partial charge in [0.05, 0.1) is 23.1 Å². The first-order valence-corrected chi connectivity index (χ1v) is 8.72. The van der Waals surface area contributed by atoms with Crippen LogP contribution in [0.3, 0.4) is 0 Å². The Bertz CT molecular complexity index is 948. The first-order chi connectivity index (χ1) is 12.1. The predicted octanol–water partition coefficient (Wildman–Crippen LogP) is 4.43. The summed E-state index contributed by atoms with van der Waals surface area (Å²) in [6.45, 7) is 2.79. The maximum Gasteiger partial charge on any atom is 0.261 e. The summed E-state index contributed by atoms with van der Waals surface area (Å²) in [5, 5.41) is 4.97. The SMILES string of the molecule is Cc1cccc2c1N(C(=O)c1cnn(-c3cccc(Cl)c3)c1)CCC2. The van der Waals surface area contributed by atoms with Gasteiger partial charge in [0.15, 0.2) is 0 Å². The lowest BCUT2D eigenvalue weighted by molar-refractivity contribution is 0.0985. The number of halogens is 1. The molecule has 4 nitrogen and oxygen atoms in total. The maximum absolute atomic E-state index is 13.1. The minimum atomic E-state index is -0.0106. The molecule has 0 fully saturated rings. The summed E-state index contributed by atoms with van der Waals surface area (Å²) in [6, 6.07) is 13.6. The van der Waals surface area contributed by atoms with E-state index >= 15 is 0 Å². The molecule has 5 heteroatoms. The van der Waals surface area contributed by atoms with Crippen molar-refractivity contribution < 1.29 is 4.79 Å². The topological polar surface area (TPSA) is 38.1 Å². The summed E-state index contributed by atoms with van der Waals surface area (Å²) >= 11 is 6.04. The number of benzene rings is 2. The smallest absolute Gasteiger partial charge is 0.261 e. The molecule has 0 atom stereocenters. The van der Waals surface area contributed by atoms with Gasteiger partial charge in [0.2, 0.25) is 0 Å². The first kappa shape index (κ1) is 15.9. The highest BCUT2D eigenvalue weighted by atomic mass is 35.5. The fraction of sp³-hybridized carbons (Fsp3) is 0.200. The lowest BCUT2D eigenvalue weighted by Gasteiger charge is -2.30. The Hall–Kier alpha value is -2.59. The summed E-state index contributed by atoms with van der Waals surface area (Å²) in [7, 11) is 0. The number of fused-ring (bicyclic) bond motifs is 1. The van der Waals surface area contributed by atoms with Crippen molar-refractivity contribution in [3.8, 4) is 5.69 Å². The third-order valence-corrected chi connectivity index (χ3v) is 4.80. The number of carbonyl (C=O) groups excluding carboxylic acids is 1. The third-order valence-electron chi connectivity index (χ3n) is 4.57. The van der Waals surface area contributed by atoms with Crippen molar-refractivity contribution >= 4 is 23.2 Å². The zero-order chi connectivity index (χ0) is 17.4. The van der Waals surface area contributed by atoms with Gasteiger partial charge in [-0.05, 0) is 49.1 Å². The molecule has 0 radical (unpaired) electrons. The zero-order valence-corrected chi connectivity index (χ0v) is 14.7. The Kier molecular flexibility index (Phi) is 4.06. The summed E-state index contributed by atoms with van der Waals surface area (Å²) in [5.41, 5.74) is 4.83. The molecule has 0 unspecified atom stereocenters. The van der Waals surface area contributed by atoms with E-state index in [0.717, 1.165) is 36.3 Å². The second-order valence-electron chi connectivity index (χ2n) is 6.30. The largest absolute Gasteiger partial charge is 0.308 e. The third kappa shape index (κ3) is 2.94. The van der Waals surface area contributed by atoms with E-state index in [4.69, 9.17) is 11.6 Å². The van der Waals surface area contributed by atoms with Gasteiger partial charge < -0.3 is 4.90 Å². The number of aromatic nitrogens is 2. The van der Waals surface area contributed by atoms with Crippen LogP contribution in [0.2, 0.25) is 5.02 Å². The van der Waals surface area contributed by atoms with Crippen LogP contribution in [0, 0.1) is 6.92 Å². The Morgan fingerprint density at radius 3 is 2.88 bits per heavy atom. The predicted molar refractivity (Wildman–Crippen MR) is 99.8 cm³/mol. The van der Waals surface area contributed by atoms with E-state index in [-0.39, 0.29) is 5.91 Å². The van der Waals surface area contributed by atoms with Crippen LogP contribution in [0.4, 0.5) is 5.69 Å². The molecule has 3 aromatic rings. The van der Waals surface area contributed by atoms with Gasteiger partial charge in [-0.1, -0.05) is 35.9 Å². The molecule has 2 heterocycles. The van der Waals surface area contributed by atoms with Crippen LogP contribution in [-0.2, 0) is 6.42 Å². The van der Waals surface area contributed by atoms with Crippen LogP contribution in [0.25, 0.3) is 5.69 Å². The van der Waals surface area contributed by atoms with E-state index in [9.17, 15) is 4.79 Å². The van der Waals surface area contributed by atoms with Crippen molar-refractivity contribution in [1.29, 1.82) is 0 Å². The molecule has 4 rings (SSSR count). The molecular formula is C20H18ClN3O. The Morgan fingerprint density at radius 2 is 2.04 bits per heavy atom. The Labute approximate surface area is 151 Å². The van der Waals surface area contributed by atoms with Crippen LogP contribution in [0.1, 0.15) is 27.9 Å².